The fourth-order valence-corrected chi connectivity index (χ4v) is 8.45. The summed E-state index contributed by atoms with van der Waals surface area (Å²) in [5.74, 6) is -5.66. The topological polar surface area (TPSA) is 312 Å². The zero-order chi connectivity index (χ0) is 60.2. The average molecular weight is 1130 g/mol. The number of benzene rings is 3. The van der Waals surface area contributed by atoms with Gasteiger partial charge in [0.25, 0.3) is 0 Å². The van der Waals surface area contributed by atoms with Crippen molar-refractivity contribution in [3.8, 4) is 0 Å². The van der Waals surface area contributed by atoms with Crippen LogP contribution in [0.2, 0.25) is 0 Å². The van der Waals surface area contributed by atoms with E-state index in [2.05, 4.69) is 58.5 Å². The van der Waals surface area contributed by atoms with Crippen molar-refractivity contribution in [3.05, 3.63) is 108 Å². The van der Waals surface area contributed by atoms with Gasteiger partial charge in [0.15, 0.2) is 0 Å². The van der Waals surface area contributed by atoms with Crippen molar-refractivity contribution in [2.75, 3.05) is 39.3 Å². The van der Waals surface area contributed by atoms with Crippen molar-refractivity contribution in [1.82, 2.24) is 58.5 Å². The van der Waals surface area contributed by atoms with Gasteiger partial charge in [-0.05, 0) is 129 Å². The van der Waals surface area contributed by atoms with Gasteiger partial charge >= 0.3 is 0 Å². The van der Waals surface area contributed by atoms with Crippen LogP contribution in [-0.2, 0) is 62.4 Å². The van der Waals surface area contributed by atoms with Crippen LogP contribution in [0.3, 0.4) is 0 Å². The molecule has 0 radical (unpaired) electrons. The van der Waals surface area contributed by atoms with E-state index in [9.17, 15) is 43.2 Å². The van der Waals surface area contributed by atoms with Gasteiger partial charge in [0.1, 0.15) is 40.3 Å². The predicted molar refractivity (Wildman–Crippen MR) is 314 cm³/mol. The van der Waals surface area contributed by atoms with E-state index < -0.39 is 100.0 Å². The number of nitrogens with two attached hydrogens (primary N) is 1. The number of carbonyl (C=O) groups is 9. The second-order valence-electron chi connectivity index (χ2n) is 21.9. The summed E-state index contributed by atoms with van der Waals surface area (Å²) in [6.45, 7) is 18.3. The molecule has 0 aliphatic rings. The van der Waals surface area contributed by atoms with Gasteiger partial charge in [0, 0.05) is 32.4 Å². The molecule has 81 heavy (non-hydrogen) atoms. The van der Waals surface area contributed by atoms with Crippen LogP contribution in [0.5, 0.6) is 0 Å². The van der Waals surface area contributed by atoms with Gasteiger partial charge in [-0.3, -0.25) is 43.2 Å². The fraction of sp³-hybridized carbons (Fsp3) is 0.550. The first kappa shape index (κ1) is 68.0. The summed E-state index contributed by atoms with van der Waals surface area (Å²) in [5.41, 5.74) is 2.06. The summed E-state index contributed by atoms with van der Waals surface area (Å²) in [6, 6.07) is 24.2. The van der Waals surface area contributed by atoms with E-state index in [1.807, 2.05) is 54.6 Å². The minimum Gasteiger partial charge on any atom is -0.350 e. The molecule has 0 heterocycles. The Morgan fingerprint density at radius 3 is 1.42 bits per heavy atom. The molecule has 3 aromatic rings. The number of rotatable bonds is 36. The number of amides is 9. The molecule has 0 saturated carbocycles. The quantitative estimate of drug-likeness (QED) is 0.0372. The summed E-state index contributed by atoms with van der Waals surface area (Å²) < 4.78 is 0. The van der Waals surface area contributed by atoms with Gasteiger partial charge < -0.3 is 64.2 Å². The molecule has 0 aliphatic heterocycles. The van der Waals surface area contributed by atoms with Crippen LogP contribution in [0, 0.1) is 0 Å². The Hall–Kier alpha value is -7.23. The van der Waals surface area contributed by atoms with Crippen molar-refractivity contribution < 1.29 is 43.2 Å². The number of hydrogen-bond donors (Lipinski definition) is 12. The van der Waals surface area contributed by atoms with Crippen LogP contribution in [0.25, 0.3) is 0 Å². The first-order chi connectivity index (χ1) is 38.3. The van der Waals surface area contributed by atoms with E-state index in [1.54, 1.807) is 64.1 Å². The van der Waals surface area contributed by atoms with Gasteiger partial charge in [0.05, 0.1) is 6.54 Å². The maximum atomic E-state index is 14.3. The Morgan fingerprint density at radius 2 is 0.926 bits per heavy atom. The minimum atomic E-state index is -1.62. The van der Waals surface area contributed by atoms with E-state index in [-0.39, 0.29) is 38.1 Å². The second kappa shape index (κ2) is 33.5. The normalized spacial score (nSPS) is 15.0. The molecule has 21 heteroatoms. The molecule has 0 unspecified atom stereocenters. The third-order valence-corrected chi connectivity index (χ3v) is 14.4. The molecule has 9 amide bonds. The molecule has 0 saturated heterocycles. The zero-order valence-corrected chi connectivity index (χ0v) is 49.3. The SMILES string of the molecule is CC[C@@](C)(NC(=O)[C@H](C)NC(=O)C(C)(C)NC(=O)[C@](C)(CC)NC(=O)[C@H](Cc1ccccc1)NC(C)=O)C(=O)NCC(=O)N[C@@H](Cc1ccccc1)C(=O)N[C@@](C)(CC)C(=O)N[C@H](CNCCCNCCCCN)Cc1ccccc1. The lowest BCUT2D eigenvalue weighted by molar-refractivity contribution is -0.140. The van der Waals surface area contributed by atoms with Crippen molar-refractivity contribution >= 4 is 53.2 Å². The lowest BCUT2D eigenvalue weighted by Gasteiger charge is -2.35. The van der Waals surface area contributed by atoms with Crippen LogP contribution in [-0.4, -0.2) is 139 Å². The first-order valence-corrected chi connectivity index (χ1v) is 28.3. The Kier molecular flexibility index (Phi) is 28.1. The highest BCUT2D eigenvalue weighted by Crippen LogP contribution is 2.17. The van der Waals surface area contributed by atoms with Crippen LogP contribution >= 0.6 is 0 Å². The largest absolute Gasteiger partial charge is 0.350 e. The lowest BCUT2D eigenvalue weighted by atomic mass is 9.93. The molecule has 0 bridgehead atoms. The van der Waals surface area contributed by atoms with Crippen molar-refractivity contribution in [2.45, 2.75) is 173 Å². The fourth-order valence-electron chi connectivity index (χ4n) is 8.45. The number of hydrogen-bond acceptors (Lipinski definition) is 12. The molecule has 0 aromatic heterocycles. The standard InChI is InChI=1S/C60H92N12O9/c1-11-58(8,69-50(75)41(4)65-53(78)57(6,7)72-56(81)60(10,13-3)71-51(76)47(66-42(5)73)37-44-28-19-15-20-29-44)54(79)64-40-49(74)68-48(38-45-30-21-16-22-31-45)52(77)70-59(9,12-2)55(80)67-46(36-43-26-17-14-18-27-43)39-63-35-25-34-62-33-24-23-32-61/h14-22,26-31,41,46-48,62-63H,11-13,23-25,32-40,61H2,1-10H3,(H,64,79)(H,65,78)(H,66,73)(H,67,80)(H,68,74)(H,69,75)(H,70,77)(H,71,76)(H,72,81)/t41-,46-,47-,48-,58+,59-,60-/m0/s1. The van der Waals surface area contributed by atoms with E-state index in [0.717, 1.165) is 55.6 Å². The summed E-state index contributed by atoms with van der Waals surface area (Å²) in [7, 11) is 0. The van der Waals surface area contributed by atoms with Crippen LogP contribution in [0.4, 0.5) is 0 Å². The predicted octanol–water partition coefficient (Wildman–Crippen LogP) is 1.87. The Bertz CT molecular complexity index is 2520. The minimum absolute atomic E-state index is 0.0626. The van der Waals surface area contributed by atoms with Crippen molar-refractivity contribution in [2.24, 2.45) is 5.73 Å². The second-order valence-corrected chi connectivity index (χ2v) is 21.9. The Labute approximate surface area is 479 Å². The third-order valence-electron chi connectivity index (χ3n) is 14.4. The summed E-state index contributed by atoms with van der Waals surface area (Å²) >= 11 is 0. The van der Waals surface area contributed by atoms with E-state index >= 15 is 0 Å². The van der Waals surface area contributed by atoms with Crippen LogP contribution in [0.15, 0.2) is 91.0 Å². The van der Waals surface area contributed by atoms with E-state index in [1.165, 1.54) is 41.5 Å². The number of unbranched alkanes of at least 4 members (excludes halogenated alkanes) is 1. The summed E-state index contributed by atoms with van der Waals surface area (Å²) in [4.78, 5) is 123. The van der Waals surface area contributed by atoms with Gasteiger partial charge in [0.2, 0.25) is 53.2 Å². The molecule has 0 fully saturated rings. The monoisotopic (exact) mass is 1120 g/mol. The Balaban J connectivity index is 1.65. The average Bonchev–Trinajstić information content (AvgIpc) is 3.47. The van der Waals surface area contributed by atoms with E-state index in [0.29, 0.717) is 19.5 Å². The Morgan fingerprint density at radius 1 is 0.481 bits per heavy atom. The maximum Gasteiger partial charge on any atom is 0.246 e. The zero-order valence-electron chi connectivity index (χ0n) is 49.3. The molecule has 3 aromatic carbocycles. The van der Waals surface area contributed by atoms with Crippen LogP contribution < -0.4 is 64.2 Å². The summed E-state index contributed by atoms with van der Waals surface area (Å²) in [6.07, 6.45) is 4.07. The summed E-state index contributed by atoms with van der Waals surface area (Å²) in [5, 5.41) is 31.6. The lowest BCUT2D eigenvalue weighted by Crippen LogP contribution is -2.66. The molecule has 21 nitrogen and oxygen atoms in total. The molecule has 7 atom stereocenters. The van der Waals surface area contributed by atoms with Gasteiger partial charge in [-0.1, -0.05) is 112 Å². The van der Waals surface area contributed by atoms with Crippen LogP contribution in [0.1, 0.15) is 124 Å². The molecule has 0 aliphatic carbocycles. The maximum absolute atomic E-state index is 14.3. The molecular weight excluding hydrogens is 1030 g/mol. The van der Waals surface area contributed by atoms with Crippen molar-refractivity contribution in [3.63, 3.8) is 0 Å². The van der Waals surface area contributed by atoms with Gasteiger partial charge in [-0.25, -0.2) is 0 Å². The highest BCUT2D eigenvalue weighted by Gasteiger charge is 2.42. The molecule has 13 N–H and O–H groups in total. The number of nitrogens with one attached hydrogen (secondary N) is 11. The first-order valence-electron chi connectivity index (χ1n) is 28.3. The van der Waals surface area contributed by atoms with E-state index in [4.69, 9.17) is 5.73 Å². The van der Waals surface area contributed by atoms with Gasteiger partial charge in [-0.2, -0.15) is 0 Å². The molecular formula is C60H92N12O9. The van der Waals surface area contributed by atoms with Gasteiger partial charge in [-0.15, -0.1) is 0 Å². The van der Waals surface area contributed by atoms with Crippen molar-refractivity contribution in [1.29, 1.82) is 0 Å². The highest BCUT2D eigenvalue weighted by atomic mass is 16.2. The molecule has 0 spiro atoms. The molecule has 3 rings (SSSR count). The smallest absolute Gasteiger partial charge is 0.246 e. The highest BCUT2D eigenvalue weighted by molar-refractivity contribution is 6.00. The third kappa shape index (κ3) is 23.0. The molecule has 446 valence electrons. The number of carbonyl (C=O) groups excluding carboxylic acids is 9.